The number of aromatic amines is 1. The van der Waals surface area contributed by atoms with E-state index in [-0.39, 0.29) is 36.0 Å². The fourth-order valence-electron chi connectivity index (χ4n) is 3.17. The standard InChI is InChI=1S/C21H21N5O6/c1-2-24(17(27)13-32-16-11-7-6-10-15(16)26(30)31)18-19(22)25(21(29)23-20(18)28)12-14-8-4-3-5-9-14/h3-11H,2,12-13,22H2,1H3,(H,23,28,29). The first kappa shape index (κ1) is 22.3. The van der Waals surface area contributed by atoms with E-state index in [1.807, 2.05) is 6.07 Å². The number of nitrogens with one attached hydrogen (secondary N) is 1. The Morgan fingerprint density at radius 3 is 2.47 bits per heavy atom. The number of hydrogen-bond donors (Lipinski definition) is 2. The molecule has 2 aromatic carbocycles. The van der Waals surface area contributed by atoms with Crippen LogP contribution in [-0.2, 0) is 11.3 Å². The first-order chi connectivity index (χ1) is 15.3. The highest BCUT2D eigenvalue weighted by Crippen LogP contribution is 2.26. The molecule has 11 heteroatoms. The molecule has 0 spiro atoms. The Labute approximate surface area is 181 Å². The highest BCUT2D eigenvalue weighted by molar-refractivity contribution is 5.96. The lowest BCUT2D eigenvalue weighted by Gasteiger charge is -2.23. The van der Waals surface area contributed by atoms with Gasteiger partial charge in [-0.2, -0.15) is 0 Å². The minimum atomic E-state index is -0.822. The number of benzene rings is 2. The maximum Gasteiger partial charge on any atom is 0.330 e. The topological polar surface area (TPSA) is 154 Å². The van der Waals surface area contributed by atoms with Crippen molar-refractivity contribution in [3.8, 4) is 5.75 Å². The Morgan fingerprint density at radius 2 is 1.81 bits per heavy atom. The number of nitro benzene ring substituents is 1. The molecule has 1 amide bonds. The number of nitrogen functional groups attached to an aromatic ring is 1. The van der Waals surface area contributed by atoms with Gasteiger partial charge < -0.3 is 15.4 Å². The van der Waals surface area contributed by atoms with Gasteiger partial charge in [0.25, 0.3) is 11.5 Å². The molecule has 0 aliphatic carbocycles. The van der Waals surface area contributed by atoms with Gasteiger partial charge in [0.15, 0.2) is 18.0 Å². The number of nitrogens with two attached hydrogens (primary N) is 1. The number of para-hydroxylation sites is 2. The molecular formula is C21H21N5O6. The van der Waals surface area contributed by atoms with Crippen molar-refractivity contribution in [3.05, 3.63) is 91.1 Å². The van der Waals surface area contributed by atoms with Crippen molar-refractivity contribution in [3.63, 3.8) is 0 Å². The largest absolute Gasteiger partial charge is 0.477 e. The van der Waals surface area contributed by atoms with Crippen molar-refractivity contribution in [2.75, 3.05) is 23.8 Å². The molecule has 3 N–H and O–H groups in total. The second-order valence-corrected chi connectivity index (χ2v) is 6.72. The maximum absolute atomic E-state index is 12.8. The van der Waals surface area contributed by atoms with Crippen LogP contribution in [0.25, 0.3) is 0 Å². The van der Waals surface area contributed by atoms with Crippen LogP contribution in [0.3, 0.4) is 0 Å². The van der Waals surface area contributed by atoms with Gasteiger partial charge in [0.05, 0.1) is 11.5 Å². The highest BCUT2D eigenvalue weighted by Gasteiger charge is 2.24. The molecule has 32 heavy (non-hydrogen) atoms. The Kier molecular flexibility index (Phi) is 6.68. The third kappa shape index (κ3) is 4.67. The van der Waals surface area contributed by atoms with E-state index in [0.717, 1.165) is 15.0 Å². The van der Waals surface area contributed by atoms with Gasteiger partial charge in [0, 0.05) is 12.6 Å². The van der Waals surface area contributed by atoms with Gasteiger partial charge in [0.1, 0.15) is 5.82 Å². The van der Waals surface area contributed by atoms with E-state index in [0.29, 0.717) is 0 Å². The van der Waals surface area contributed by atoms with Crippen molar-refractivity contribution in [1.82, 2.24) is 9.55 Å². The van der Waals surface area contributed by atoms with Crippen molar-refractivity contribution in [1.29, 1.82) is 0 Å². The van der Waals surface area contributed by atoms with E-state index in [2.05, 4.69) is 4.98 Å². The Hall–Kier alpha value is -4.41. The monoisotopic (exact) mass is 439 g/mol. The summed E-state index contributed by atoms with van der Waals surface area (Å²) in [4.78, 5) is 51.4. The molecule has 0 saturated carbocycles. The summed E-state index contributed by atoms with van der Waals surface area (Å²) in [6, 6.07) is 14.6. The van der Waals surface area contributed by atoms with E-state index in [4.69, 9.17) is 10.5 Å². The summed E-state index contributed by atoms with van der Waals surface area (Å²) in [7, 11) is 0. The molecule has 0 atom stereocenters. The molecule has 0 aliphatic heterocycles. The zero-order valence-electron chi connectivity index (χ0n) is 17.2. The lowest BCUT2D eigenvalue weighted by molar-refractivity contribution is -0.385. The number of carbonyl (C=O) groups excluding carboxylic acids is 1. The van der Waals surface area contributed by atoms with Crippen LogP contribution >= 0.6 is 0 Å². The average molecular weight is 439 g/mol. The Morgan fingerprint density at radius 1 is 1.16 bits per heavy atom. The molecule has 0 bridgehead atoms. The van der Waals surface area contributed by atoms with Gasteiger partial charge in [-0.15, -0.1) is 0 Å². The zero-order chi connectivity index (χ0) is 23.3. The fourth-order valence-corrected chi connectivity index (χ4v) is 3.17. The van der Waals surface area contributed by atoms with Crippen molar-refractivity contribution < 1.29 is 14.5 Å². The molecular weight excluding hydrogens is 418 g/mol. The van der Waals surface area contributed by atoms with Crippen molar-refractivity contribution in [2.24, 2.45) is 0 Å². The molecule has 0 unspecified atom stereocenters. The van der Waals surface area contributed by atoms with Crippen LogP contribution in [0.5, 0.6) is 5.75 Å². The molecule has 1 heterocycles. The smallest absolute Gasteiger partial charge is 0.330 e. The first-order valence-electron chi connectivity index (χ1n) is 9.66. The molecule has 0 radical (unpaired) electrons. The minimum absolute atomic E-state index is 0.0515. The predicted octanol–water partition coefficient (Wildman–Crippen LogP) is 1.51. The normalized spacial score (nSPS) is 10.5. The van der Waals surface area contributed by atoms with Crippen LogP contribution in [-0.4, -0.2) is 33.5 Å². The maximum atomic E-state index is 12.8. The zero-order valence-corrected chi connectivity index (χ0v) is 17.2. The number of likely N-dealkylation sites (N-methyl/N-ethyl adjacent to an activating group) is 1. The van der Waals surface area contributed by atoms with E-state index >= 15 is 0 Å². The van der Waals surface area contributed by atoms with Crippen LogP contribution < -0.4 is 26.6 Å². The van der Waals surface area contributed by atoms with Gasteiger partial charge in [-0.1, -0.05) is 42.5 Å². The SMILES string of the molecule is CCN(C(=O)COc1ccccc1[N+](=O)[O-])c1c(N)n(Cc2ccccc2)c(=O)[nH]c1=O. The third-order valence-electron chi connectivity index (χ3n) is 4.70. The Bertz CT molecular complexity index is 1250. The van der Waals surface area contributed by atoms with Crippen LogP contribution in [0.1, 0.15) is 12.5 Å². The summed E-state index contributed by atoms with van der Waals surface area (Å²) in [6.07, 6.45) is 0. The number of anilines is 2. The van der Waals surface area contributed by atoms with Crippen LogP contribution in [0.2, 0.25) is 0 Å². The number of nitrogens with zero attached hydrogens (tertiary/aromatic N) is 3. The number of aromatic nitrogens is 2. The van der Waals surface area contributed by atoms with Gasteiger partial charge in [-0.3, -0.25) is 29.3 Å². The quantitative estimate of drug-likeness (QED) is 0.398. The second kappa shape index (κ2) is 9.60. The van der Waals surface area contributed by atoms with Crippen LogP contribution in [0.4, 0.5) is 17.2 Å². The number of amides is 1. The highest BCUT2D eigenvalue weighted by atomic mass is 16.6. The number of ether oxygens (including phenoxy) is 1. The first-order valence-corrected chi connectivity index (χ1v) is 9.66. The fraction of sp³-hybridized carbons (Fsp3) is 0.190. The number of hydrogen-bond acceptors (Lipinski definition) is 7. The van der Waals surface area contributed by atoms with E-state index in [9.17, 15) is 24.5 Å². The lowest BCUT2D eigenvalue weighted by Crippen LogP contribution is -2.42. The molecule has 11 nitrogen and oxygen atoms in total. The van der Waals surface area contributed by atoms with Gasteiger partial charge >= 0.3 is 11.4 Å². The molecule has 3 aromatic rings. The van der Waals surface area contributed by atoms with Gasteiger partial charge in [0.2, 0.25) is 0 Å². The number of carbonyl (C=O) groups is 1. The molecule has 1 aromatic heterocycles. The van der Waals surface area contributed by atoms with Crippen LogP contribution in [0, 0.1) is 10.1 Å². The van der Waals surface area contributed by atoms with Gasteiger partial charge in [-0.25, -0.2) is 4.79 Å². The summed E-state index contributed by atoms with van der Waals surface area (Å²) >= 11 is 0. The molecule has 0 fully saturated rings. The lowest BCUT2D eigenvalue weighted by atomic mass is 10.2. The summed E-state index contributed by atoms with van der Waals surface area (Å²) in [6.45, 7) is 1.19. The number of rotatable bonds is 8. The summed E-state index contributed by atoms with van der Waals surface area (Å²) in [5.41, 5.74) is 4.89. The summed E-state index contributed by atoms with van der Waals surface area (Å²) < 4.78 is 6.50. The minimum Gasteiger partial charge on any atom is -0.477 e. The second-order valence-electron chi connectivity index (χ2n) is 6.72. The van der Waals surface area contributed by atoms with Crippen molar-refractivity contribution >= 4 is 23.1 Å². The summed E-state index contributed by atoms with van der Waals surface area (Å²) in [5.74, 6) is -0.922. The molecule has 3 rings (SSSR count). The predicted molar refractivity (Wildman–Crippen MR) is 118 cm³/mol. The van der Waals surface area contributed by atoms with Crippen LogP contribution in [0.15, 0.2) is 64.2 Å². The summed E-state index contributed by atoms with van der Waals surface area (Å²) in [5, 5.41) is 11.1. The van der Waals surface area contributed by atoms with E-state index in [1.165, 1.54) is 24.3 Å². The van der Waals surface area contributed by atoms with Crippen molar-refractivity contribution in [2.45, 2.75) is 13.5 Å². The number of nitro groups is 1. The number of H-pyrrole nitrogens is 1. The van der Waals surface area contributed by atoms with Gasteiger partial charge in [-0.05, 0) is 18.6 Å². The van der Waals surface area contributed by atoms with E-state index in [1.54, 1.807) is 31.2 Å². The molecule has 166 valence electrons. The Balaban J connectivity index is 1.90. The average Bonchev–Trinajstić information content (AvgIpc) is 2.78. The molecule has 0 saturated heterocycles. The third-order valence-corrected chi connectivity index (χ3v) is 4.70. The molecule has 0 aliphatic rings. The van der Waals surface area contributed by atoms with E-state index < -0.39 is 28.7 Å².